The van der Waals surface area contributed by atoms with Crippen LogP contribution in [0.25, 0.3) is 0 Å². The number of amides is 3. The Balaban J connectivity index is 1.84. The summed E-state index contributed by atoms with van der Waals surface area (Å²) < 4.78 is 5.21. The quantitative estimate of drug-likeness (QED) is 0.684. The highest BCUT2D eigenvalue weighted by molar-refractivity contribution is 5.92. The predicted octanol–water partition coefficient (Wildman–Crippen LogP) is 1.46. The van der Waals surface area contributed by atoms with Crippen molar-refractivity contribution in [2.45, 2.75) is 51.3 Å². The lowest BCUT2D eigenvalue weighted by atomic mass is 10.1. The number of esters is 1. The van der Waals surface area contributed by atoms with Crippen LogP contribution < -0.4 is 16.4 Å². The van der Waals surface area contributed by atoms with E-state index in [0.717, 1.165) is 31.2 Å². The lowest BCUT2D eigenvalue weighted by Gasteiger charge is -2.17. The molecule has 7 nitrogen and oxygen atoms in total. The van der Waals surface area contributed by atoms with Gasteiger partial charge in [0.05, 0.1) is 5.56 Å². The molecule has 1 unspecified atom stereocenters. The van der Waals surface area contributed by atoms with Crippen LogP contribution in [0.3, 0.4) is 0 Å². The Kier molecular flexibility index (Phi) is 6.17. The molecule has 1 atom stereocenters. The number of nitrogens with two attached hydrogens (primary N) is 1. The number of urea groups is 1. The van der Waals surface area contributed by atoms with Gasteiger partial charge >= 0.3 is 12.0 Å². The van der Waals surface area contributed by atoms with E-state index in [4.69, 9.17) is 10.5 Å². The number of carbonyl (C=O) groups is 3. The Morgan fingerprint density at radius 2 is 1.83 bits per heavy atom. The molecule has 0 aromatic heterocycles. The van der Waals surface area contributed by atoms with Crippen LogP contribution >= 0.6 is 0 Å². The molecule has 130 valence electrons. The fourth-order valence-electron chi connectivity index (χ4n) is 2.62. The fraction of sp³-hybridized carbons (Fsp3) is 0.471. The Labute approximate surface area is 140 Å². The molecular formula is C17H23N3O4. The van der Waals surface area contributed by atoms with Gasteiger partial charge in [-0.2, -0.15) is 0 Å². The summed E-state index contributed by atoms with van der Waals surface area (Å²) in [5.74, 6) is -0.823. The van der Waals surface area contributed by atoms with E-state index in [1.54, 1.807) is 31.2 Å². The van der Waals surface area contributed by atoms with Crippen LogP contribution in [0.1, 0.15) is 48.5 Å². The van der Waals surface area contributed by atoms with E-state index in [-0.39, 0.29) is 18.5 Å². The van der Waals surface area contributed by atoms with Crippen LogP contribution in [-0.2, 0) is 16.1 Å². The zero-order valence-corrected chi connectivity index (χ0v) is 13.7. The number of rotatable bonds is 6. The second kappa shape index (κ2) is 8.33. The van der Waals surface area contributed by atoms with Gasteiger partial charge in [-0.05, 0) is 37.5 Å². The third-order valence-electron chi connectivity index (χ3n) is 4.01. The van der Waals surface area contributed by atoms with Crippen molar-refractivity contribution in [1.29, 1.82) is 0 Å². The summed E-state index contributed by atoms with van der Waals surface area (Å²) in [7, 11) is 0. The maximum atomic E-state index is 12.1. The van der Waals surface area contributed by atoms with Crippen LogP contribution in [0.2, 0.25) is 0 Å². The number of ether oxygens (including phenoxy) is 1. The Morgan fingerprint density at radius 3 is 2.42 bits per heavy atom. The molecular weight excluding hydrogens is 310 g/mol. The normalized spacial score (nSPS) is 15.5. The van der Waals surface area contributed by atoms with Crippen molar-refractivity contribution in [1.82, 2.24) is 10.6 Å². The molecule has 1 aliphatic carbocycles. The largest absolute Gasteiger partial charge is 0.449 e. The number of benzene rings is 1. The van der Waals surface area contributed by atoms with Crippen LogP contribution in [0.5, 0.6) is 0 Å². The number of primary amides is 1. The molecule has 0 heterocycles. The first-order valence-electron chi connectivity index (χ1n) is 8.09. The molecule has 24 heavy (non-hydrogen) atoms. The summed E-state index contributed by atoms with van der Waals surface area (Å²) in [6, 6.07) is 6.13. The van der Waals surface area contributed by atoms with Gasteiger partial charge in [0.2, 0.25) is 0 Å². The van der Waals surface area contributed by atoms with Gasteiger partial charge in [0.25, 0.3) is 5.91 Å². The minimum absolute atomic E-state index is 0.190. The zero-order chi connectivity index (χ0) is 17.5. The average Bonchev–Trinajstić information content (AvgIpc) is 3.06. The second-order valence-electron chi connectivity index (χ2n) is 5.95. The van der Waals surface area contributed by atoms with Gasteiger partial charge in [-0.1, -0.05) is 25.0 Å². The van der Waals surface area contributed by atoms with E-state index >= 15 is 0 Å². The van der Waals surface area contributed by atoms with Crippen molar-refractivity contribution in [2.75, 3.05) is 0 Å². The van der Waals surface area contributed by atoms with Gasteiger partial charge in [-0.15, -0.1) is 0 Å². The van der Waals surface area contributed by atoms with Crippen molar-refractivity contribution < 1.29 is 19.1 Å². The number of nitrogens with one attached hydrogen (secondary N) is 2. The molecule has 1 fully saturated rings. The first kappa shape index (κ1) is 17.8. The minimum Gasteiger partial charge on any atom is -0.449 e. The molecule has 1 aromatic rings. The van der Waals surface area contributed by atoms with E-state index in [1.165, 1.54) is 0 Å². The molecule has 4 N–H and O–H groups in total. The molecule has 0 bridgehead atoms. The van der Waals surface area contributed by atoms with Crippen molar-refractivity contribution in [2.24, 2.45) is 5.73 Å². The smallest absolute Gasteiger partial charge is 0.338 e. The van der Waals surface area contributed by atoms with Crippen LogP contribution in [0.15, 0.2) is 24.3 Å². The Hall–Kier alpha value is -2.57. The molecule has 0 radical (unpaired) electrons. The third kappa shape index (κ3) is 5.26. The van der Waals surface area contributed by atoms with Gasteiger partial charge in [0.15, 0.2) is 6.10 Å². The maximum Gasteiger partial charge on any atom is 0.338 e. The molecule has 0 spiro atoms. The maximum absolute atomic E-state index is 12.1. The highest BCUT2D eigenvalue weighted by atomic mass is 16.5. The van der Waals surface area contributed by atoms with E-state index in [9.17, 15) is 14.4 Å². The topological polar surface area (TPSA) is 111 Å². The molecule has 7 heteroatoms. The lowest BCUT2D eigenvalue weighted by molar-refractivity contribution is -0.129. The molecule has 1 aromatic carbocycles. The minimum atomic E-state index is -0.839. The first-order chi connectivity index (χ1) is 11.5. The second-order valence-corrected chi connectivity index (χ2v) is 5.95. The zero-order valence-electron chi connectivity index (χ0n) is 13.7. The van der Waals surface area contributed by atoms with Crippen LogP contribution in [-0.4, -0.2) is 30.1 Å². The average molecular weight is 333 g/mol. The molecule has 0 saturated heterocycles. The summed E-state index contributed by atoms with van der Waals surface area (Å²) >= 11 is 0. The molecule has 0 aliphatic heterocycles. The van der Waals surface area contributed by atoms with Gasteiger partial charge in [-0.3, -0.25) is 4.79 Å². The SMILES string of the molecule is CC(OC(=O)c1ccc(CNC(N)=O)cc1)C(=O)NC1CCCC1. The third-order valence-corrected chi connectivity index (χ3v) is 4.01. The van der Waals surface area contributed by atoms with Gasteiger partial charge in [-0.25, -0.2) is 9.59 Å². The van der Waals surface area contributed by atoms with Crippen molar-refractivity contribution in [3.63, 3.8) is 0 Å². The van der Waals surface area contributed by atoms with E-state index < -0.39 is 18.1 Å². The standard InChI is InChI=1S/C17H23N3O4/c1-11(15(21)20-14-4-2-3-5-14)24-16(22)13-8-6-12(7-9-13)10-19-17(18)23/h6-9,11,14H,2-5,10H2,1H3,(H,20,21)(H3,18,19,23). The van der Waals surface area contributed by atoms with Gasteiger partial charge in [0.1, 0.15) is 0 Å². The predicted molar refractivity (Wildman–Crippen MR) is 88.1 cm³/mol. The summed E-state index contributed by atoms with van der Waals surface area (Å²) in [5.41, 5.74) is 6.15. The van der Waals surface area contributed by atoms with Crippen LogP contribution in [0.4, 0.5) is 4.79 Å². The molecule has 1 aliphatic rings. The monoisotopic (exact) mass is 333 g/mol. The number of hydrogen-bond donors (Lipinski definition) is 3. The van der Waals surface area contributed by atoms with E-state index in [2.05, 4.69) is 10.6 Å². The van der Waals surface area contributed by atoms with E-state index in [1.807, 2.05) is 0 Å². The summed E-state index contributed by atoms with van der Waals surface area (Å²) in [5, 5.41) is 5.37. The van der Waals surface area contributed by atoms with Crippen molar-refractivity contribution in [3.8, 4) is 0 Å². The number of hydrogen-bond acceptors (Lipinski definition) is 4. The molecule has 1 saturated carbocycles. The molecule has 3 amide bonds. The lowest BCUT2D eigenvalue weighted by Crippen LogP contribution is -2.40. The first-order valence-corrected chi connectivity index (χ1v) is 8.09. The fourth-order valence-corrected chi connectivity index (χ4v) is 2.62. The highest BCUT2D eigenvalue weighted by Crippen LogP contribution is 2.18. The van der Waals surface area contributed by atoms with Crippen LogP contribution in [0, 0.1) is 0 Å². The summed E-state index contributed by atoms with van der Waals surface area (Å²) in [4.78, 5) is 34.8. The van der Waals surface area contributed by atoms with Crippen molar-refractivity contribution in [3.05, 3.63) is 35.4 Å². The Bertz CT molecular complexity index is 594. The van der Waals surface area contributed by atoms with Gasteiger partial charge in [0, 0.05) is 12.6 Å². The van der Waals surface area contributed by atoms with Gasteiger partial charge < -0.3 is 21.1 Å². The number of carbonyl (C=O) groups excluding carboxylic acids is 3. The highest BCUT2D eigenvalue weighted by Gasteiger charge is 2.23. The van der Waals surface area contributed by atoms with Crippen molar-refractivity contribution >= 4 is 17.9 Å². The van der Waals surface area contributed by atoms with E-state index in [0.29, 0.717) is 5.56 Å². The summed E-state index contributed by atoms with van der Waals surface area (Å²) in [6.07, 6.45) is 3.36. The molecule has 2 rings (SSSR count). The summed E-state index contributed by atoms with van der Waals surface area (Å²) in [6.45, 7) is 1.85. The Morgan fingerprint density at radius 1 is 1.21 bits per heavy atom.